The molecule has 0 atom stereocenters. The maximum absolute atomic E-state index is 12.4. The number of methoxy groups -OCH3 is 1. The first-order valence-electron chi connectivity index (χ1n) is 6.75. The molecule has 0 amide bonds. The average molecular weight is 288 g/mol. The summed E-state index contributed by atoms with van der Waals surface area (Å²) in [6.45, 7) is 6.61. The SMILES string of the molecule is CCC(C)(C)c1ccc(C(=O)c2cc(OC)cs2)cc1. The van der Waals surface area contributed by atoms with Crippen molar-refractivity contribution >= 4 is 17.1 Å². The minimum Gasteiger partial charge on any atom is -0.496 e. The third-order valence-corrected chi connectivity index (χ3v) is 4.75. The van der Waals surface area contributed by atoms with E-state index in [0.717, 1.165) is 17.7 Å². The standard InChI is InChI=1S/C17H20O2S/c1-5-17(2,3)13-8-6-12(7-9-13)16(18)15-10-14(19-4)11-20-15/h6-11H,5H2,1-4H3. The molecule has 0 aliphatic carbocycles. The Labute approximate surface area is 124 Å². The summed E-state index contributed by atoms with van der Waals surface area (Å²) in [5.74, 6) is 0.793. The maximum Gasteiger partial charge on any atom is 0.203 e. The van der Waals surface area contributed by atoms with Crippen molar-refractivity contribution in [1.29, 1.82) is 0 Å². The summed E-state index contributed by atoms with van der Waals surface area (Å²) < 4.78 is 5.12. The number of thiophene rings is 1. The molecular weight excluding hydrogens is 268 g/mol. The molecule has 0 saturated carbocycles. The smallest absolute Gasteiger partial charge is 0.203 e. The van der Waals surface area contributed by atoms with Gasteiger partial charge in [0.2, 0.25) is 5.78 Å². The summed E-state index contributed by atoms with van der Waals surface area (Å²) in [6, 6.07) is 9.74. The first kappa shape index (κ1) is 14.8. The van der Waals surface area contributed by atoms with Crippen LogP contribution in [0, 0.1) is 0 Å². The molecule has 2 aromatic rings. The quantitative estimate of drug-likeness (QED) is 0.747. The second-order valence-corrected chi connectivity index (χ2v) is 6.41. The summed E-state index contributed by atoms with van der Waals surface area (Å²) in [4.78, 5) is 13.1. The fraction of sp³-hybridized carbons (Fsp3) is 0.353. The molecule has 0 aliphatic heterocycles. The van der Waals surface area contributed by atoms with Gasteiger partial charge in [0.15, 0.2) is 0 Å². The number of rotatable bonds is 5. The van der Waals surface area contributed by atoms with Crippen LogP contribution in [0.25, 0.3) is 0 Å². The highest BCUT2D eigenvalue weighted by atomic mass is 32.1. The van der Waals surface area contributed by atoms with Gasteiger partial charge in [-0.3, -0.25) is 4.79 Å². The highest BCUT2D eigenvalue weighted by Gasteiger charge is 2.19. The largest absolute Gasteiger partial charge is 0.496 e. The van der Waals surface area contributed by atoms with Gasteiger partial charge in [0, 0.05) is 17.0 Å². The number of hydrogen-bond donors (Lipinski definition) is 0. The zero-order valence-corrected chi connectivity index (χ0v) is 13.2. The Morgan fingerprint density at radius 1 is 1.25 bits per heavy atom. The van der Waals surface area contributed by atoms with Gasteiger partial charge in [-0.15, -0.1) is 11.3 Å². The second kappa shape index (κ2) is 5.80. The van der Waals surface area contributed by atoms with Crippen molar-refractivity contribution in [3.05, 3.63) is 51.7 Å². The molecule has 1 aromatic heterocycles. The summed E-state index contributed by atoms with van der Waals surface area (Å²) in [5, 5.41) is 1.85. The summed E-state index contributed by atoms with van der Waals surface area (Å²) in [7, 11) is 1.61. The van der Waals surface area contributed by atoms with Crippen LogP contribution in [0.15, 0.2) is 35.7 Å². The third kappa shape index (κ3) is 2.93. The normalized spacial score (nSPS) is 11.4. The van der Waals surface area contributed by atoms with Crippen LogP contribution in [0.3, 0.4) is 0 Å². The molecule has 3 heteroatoms. The van der Waals surface area contributed by atoms with Crippen LogP contribution in [0.5, 0.6) is 5.75 Å². The molecule has 106 valence electrons. The van der Waals surface area contributed by atoms with Crippen LogP contribution in [0.2, 0.25) is 0 Å². The zero-order chi connectivity index (χ0) is 14.8. The minimum atomic E-state index is 0.0548. The van der Waals surface area contributed by atoms with Crippen LogP contribution in [0.1, 0.15) is 48.0 Å². The number of ketones is 1. The molecule has 1 heterocycles. The lowest BCUT2D eigenvalue weighted by atomic mass is 9.82. The minimum absolute atomic E-state index is 0.0548. The number of ether oxygens (including phenoxy) is 1. The number of hydrogen-bond acceptors (Lipinski definition) is 3. The molecule has 0 unspecified atom stereocenters. The van der Waals surface area contributed by atoms with E-state index in [1.165, 1.54) is 16.9 Å². The van der Waals surface area contributed by atoms with Crippen molar-refractivity contribution in [1.82, 2.24) is 0 Å². The van der Waals surface area contributed by atoms with Crippen molar-refractivity contribution in [2.24, 2.45) is 0 Å². The third-order valence-electron chi connectivity index (χ3n) is 3.85. The van der Waals surface area contributed by atoms with Gasteiger partial charge < -0.3 is 4.74 Å². The predicted octanol–water partition coefficient (Wildman–Crippen LogP) is 4.68. The molecule has 0 radical (unpaired) electrons. The van der Waals surface area contributed by atoms with Crippen molar-refractivity contribution < 1.29 is 9.53 Å². The Balaban J connectivity index is 2.23. The molecule has 0 bridgehead atoms. The topological polar surface area (TPSA) is 26.3 Å². The number of carbonyl (C=O) groups is 1. The van der Waals surface area contributed by atoms with E-state index >= 15 is 0 Å². The Morgan fingerprint density at radius 3 is 2.40 bits per heavy atom. The molecule has 20 heavy (non-hydrogen) atoms. The fourth-order valence-electron chi connectivity index (χ4n) is 1.96. The van der Waals surface area contributed by atoms with Crippen molar-refractivity contribution in [3.8, 4) is 5.75 Å². The lowest BCUT2D eigenvalue weighted by molar-refractivity contribution is 0.104. The fourth-order valence-corrected chi connectivity index (χ4v) is 2.78. The highest BCUT2D eigenvalue weighted by Crippen LogP contribution is 2.28. The molecular formula is C17H20O2S. The Morgan fingerprint density at radius 2 is 1.90 bits per heavy atom. The summed E-state index contributed by atoms with van der Waals surface area (Å²) in [5.41, 5.74) is 2.14. The first-order chi connectivity index (χ1) is 9.47. The average Bonchev–Trinajstić information content (AvgIpc) is 2.95. The predicted molar refractivity (Wildman–Crippen MR) is 84.1 cm³/mol. The van der Waals surface area contributed by atoms with E-state index in [9.17, 15) is 4.79 Å². The lowest BCUT2D eigenvalue weighted by Crippen LogP contribution is -2.15. The van der Waals surface area contributed by atoms with E-state index in [4.69, 9.17) is 4.74 Å². The van der Waals surface area contributed by atoms with Crippen LogP contribution >= 0.6 is 11.3 Å². The highest BCUT2D eigenvalue weighted by molar-refractivity contribution is 7.12. The molecule has 0 fully saturated rings. The monoisotopic (exact) mass is 288 g/mol. The van der Waals surface area contributed by atoms with Crippen LogP contribution in [0.4, 0.5) is 0 Å². The van der Waals surface area contributed by atoms with Gasteiger partial charge in [-0.05, 0) is 17.4 Å². The Kier molecular flexibility index (Phi) is 4.29. The lowest BCUT2D eigenvalue weighted by Gasteiger charge is -2.23. The molecule has 2 rings (SSSR count). The maximum atomic E-state index is 12.4. The number of benzene rings is 1. The Hall–Kier alpha value is -1.61. The summed E-state index contributed by atoms with van der Waals surface area (Å²) in [6.07, 6.45) is 1.07. The van der Waals surface area contributed by atoms with Gasteiger partial charge in [-0.1, -0.05) is 45.0 Å². The molecule has 0 saturated heterocycles. The van der Waals surface area contributed by atoms with Gasteiger partial charge in [-0.25, -0.2) is 0 Å². The van der Waals surface area contributed by atoms with Gasteiger partial charge in [-0.2, -0.15) is 0 Å². The van der Waals surface area contributed by atoms with Crippen molar-refractivity contribution in [3.63, 3.8) is 0 Å². The van der Waals surface area contributed by atoms with E-state index < -0.39 is 0 Å². The molecule has 0 spiro atoms. The van der Waals surface area contributed by atoms with Gasteiger partial charge in [0.05, 0.1) is 12.0 Å². The zero-order valence-electron chi connectivity index (χ0n) is 12.4. The number of carbonyl (C=O) groups excluding carboxylic acids is 1. The van der Waals surface area contributed by atoms with Crippen LogP contribution < -0.4 is 4.74 Å². The van der Waals surface area contributed by atoms with Crippen LogP contribution in [-0.2, 0) is 5.41 Å². The van der Waals surface area contributed by atoms with E-state index in [1.54, 1.807) is 13.2 Å². The second-order valence-electron chi connectivity index (χ2n) is 5.49. The molecule has 0 aliphatic rings. The van der Waals surface area contributed by atoms with E-state index in [-0.39, 0.29) is 11.2 Å². The van der Waals surface area contributed by atoms with E-state index in [2.05, 4.69) is 32.9 Å². The Bertz CT molecular complexity index is 594. The van der Waals surface area contributed by atoms with Crippen LogP contribution in [-0.4, -0.2) is 12.9 Å². The van der Waals surface area contributed by atoms with Gasteiger partial charge in [0.25, 0.3) is 0 Å². The van der Waals surface area contributed by atoms with Crippen molar-refractivity contribution in [2.75, 3.05) is 7.11 Å². The molecule has 0 N–H and O–H groups in total. The molecule has 2 nitrogen and oxygen atoms in total. The van der Waals surface area contributed by atoms with Crippen molar-refractivity contribution in [2.45, 2.75) is 32.6 Å². The first-order valence-corrected chi connectivity index (χ1v) is 7.63. The molecule has 1 aromatic carbocycles. The van der Waals surface area contributed by atoms with E-state index in [0.29, 0.717) is 4.88 Å². The van der Waals surface area contributed by atoms with E-state index in [1.807, 2.05) is 17.5 Å². The summed E-state index contributed by atoms with van der Waals surface area (Å²) >= 11 is 1.42. The van der Waals surface area contributed by atoms with Gasteiger partial charge in [0.1, 0.15) is 5.75 Å². The van der Waals surface area contributed by atoms with Gasteiger partial charge >= 0.3 is 0 Å².